The molecule has 0 aliphatic rings. The zero-order valence-corrected chi connectivity index (χ0v) is 17.2. The minimum atomic E-state index is -0.250. The summed E-state index contributed by atoms with van der Waals surface area (Å²) in [6, 6.07) is 11.3. The second-order valence-corrected chi connectivity index (χ2v) is 7.36. The van der Waals surface area contributed by atoms with Crippen LogP contribution in [0.4, 0.5) is 5.82 Å². The second-order valence-electron chi connectivity index (χ2n) is 6.45. The highest BCUT2D eigenvalue weighted by Gasteiger charge is 2.18. The van der Waals surface area contributed by atoms with Gasteiger partial charge in [-0.15, -0.1) is 0 Å². The van der Waals surface area contributed by atoms with E-state index >= 15 is 0 Å². The van der Waals surface area contributed by atoms with Gasteiger partial charge in [-0.1, -0.05) is 28.1 Å². The molecule has 0 saturated carbocycles. The highest BCUT2D eigenvalue weighted by molar-refractivity contribution is 9.10. The van der Waals surface area contributed by atoms with Gasteiger partial charge in [0.2, 0.25) is 5.88 Å². The van der Waals surface area contributed by atoms with E-state index in [2.05, 4.69) is 31.3 Å². The van der Waals surface area contributed by atoms with E-state index in [1.165, 1.54) is 6.20 Å². The molecule has 0 aliphatic heterocycles. The summed E-state index contributed by atoms with van der Waals surface area (Å²) in [6.45, 7) is 5.78. The molecule has 1 amide bonds. The zero-order valence-electron chi connectivity index (χ0n) is 15.7. The van der Waals surface area contributed by atoms with E-state index in [0.717, 1.165) is 21.3 Å². The van der Waals surface area contributed by atoms with Gasteiger partial charge in [-0.25, -0.2) is 4.98 Å². The number of carbonyl (C=O) groups is 1. The van der Waals surface area contributed by atoms with E-state index in [4.69, 9.17) is 4.74 Å². The fourth-order valence-corrected chi connectivity index (χ4v) is 3.03. The largest absolute Gasteiger partial charge is 0.475 e. The predicted molar refractivity (Wildman–Crippen MR) is 109 cm³/mol. The van der Waals surface area contributed by atoms with Gasteiger partial charge in [0.1, 0.15) is 5.82 Å². The summed E-state index contributed by atoms with van der Waals surface area (Å²) in [5.74, 6) is 0.885. The van der Waals surface area contributed by atoms with Gasteiger partial charge >= 0.3 is 0 Å². The average Bonchev–Trinajstić information content (AvgIpc) is 2.89. The number of amides is 1. The highest BCUT2D eigenvalue weighted by Crippen LogP contribution is 2.32. The Morgan fingerprint density at radius 3 is 2.48 bits per heavy atom. The first-order valence-corrected chi connectivity index (χ1v) is 9.38. The molecule has 3 rings (SSSR count). The Morgan fingerprint density at radius 1 is 1.19 bits per heavy atom. The summed E-state index contributed by atoms with van der Waals surface area (Å²) in [7, 11) is 1.81. The first-order valence-electron chi connectivity index (χ1n) is 8.58. The molecule has 7 heteroatoms. The first kappa shape index (κ1) is 19.1. The summed E-state index contributed by atoms with van der Waals surface area (Å²) < 4.78 is 8.18. The maximum absolute atomic E-state index is 12.7. The van der Waals surface area contributed by atoms with E-state index in [9.17, 15) is 4.79 Å². The van der Waals surface area contributed by atoms with Crippen LogP contribution in [0.25, 0.3) is 11.1 Å². The average molecular weight is 429 g/mol. The van der Waals surface area contributed by atoms with Crippen LogP contribution in [0.5, 0.6) is 5.88 Å². The van der Waals surface area contributed by atoms with Gasteiger partial charge in [0.25, 0.3) is 5.91 Å². The predicted octanol–water partition coefficient (Wildman–Crippen LogP) is 4.59. The van der Waals surface area contributed by atoms with Crippen molar-refractivity contribution in [3.63, 3.8) is 0 Å². The molecule has 1 aromatic carbocycles. The van der Waals surface area contributed by atoms with E-state index in [0.29, 0.717) is 17.3 Å². The molecule has 2 heterocycles. The molecular formula is C20H21BrN4O2. The summed E-state index contributed by atoms with van der Waals surface area (Å²) in [5, 5.41) is 7.42. The topological polar surface area (TPSA) is 69.0 Å². The van der Waals surface area contributed by atoms with Gasteiger partial charge in [-0.05, 0) is 44.5 Å². The number of aryl methyl sites for hydroxylation is 2. The Balaban J connectivity index is 1.87. The molecule has 0 bridgehead atoms. The van der Waals surface area contributed by atoms with Gasteiger partial charge in [-0.2, -0.15) is 5.10 Å². The fourth-order valence-electron chi connectivity index (χ4n) is 2.77. The number of carbonyl (C=O) groups excluding carboxylic acids is 1. The van der Waals surface area contributed by atoms with Crippen LogP contribution in [-0.2, 0) is 7.05 Å². The molecule has 0 radical (unpaired) electrons. The standard InChI is InChI=1S/C20H21BrN4O2/c1-12(2)27-17-10-7-15(11-22-17)20(26)23-19-18(13(3)24-25(19)4)14-5-8-16(21)9-6-14/h5-12H,1-4H3,(H,23,26). The quantitative estimate of drug-likeness (QED) is 0.644. The third-order valence-electron chi connectivity index (χ3n) is 3.94. The number of hydrogen-bond donors (Lipinski definition) is 1. The van der Waals surface area contributed by atoms with Crippen LogP contribution in [0.3, 0.4) is 0 Å². The monoisotopic (exact) mass is 428 g/mol. The summed E-state index contributed by atoms with van der Waals surface area (Å²) in [4.78, 5) is 16.9. The van der Waals surface area contributed by atoms with Crippen LogP contribution in [0, 0.1) is 6.92 Å². The third-order valence-corrected chi connectivity index (χ3v) is 4.47. The molecule has 0 atom stereocenters. The van der Waals surface area contributed by atoms with Crippen molar-refractivity contribution in [1.82, 2.24) is 14.8 Å². The number of nitrogens with zero attached hydrogens (tertiary/aromatic N) is 3. The molecule has 2 aromatic heterocycles. The van der Waals surface area contributed by atoms with Crippen LogP contribution >= 0.6 is 15.9 Å². The van der Waals surface area contributed by atoms with E-state index in [1.54, 1.807) is 16.8 Å². The van der Waals surface area contributed by atoms with Crippen molar-refractivity contribution in [2.45, 2.75) is 26.9 Å². The lowest BCUT2D eigenvalue weighted by Crippen LogP contribution is -2.16. The Kier molecular flexibility index (Phi) is 5.60. The molecule has 0 spiro atoms. The molecule has 27 heavy (non-hydrogen) atoms. The third kappa shape index (κ3) is 4.36. The first-order chi connectivity index (χ1) is 12.8. The van der Waals surface area contributed by atoms with Crippen molar-refractivity contribution in [3.05, 3.63) is 58.3 Å². The normalized spacial score (nSPS) is 10.9. The molecular weight excluding hydrogens is 408 g/mol. The molecule has 0 unspecified atom stereocenters. The number of pyridine rings is 1. The Hall–Kier alpha value is -2.67. The van der Waals surface area contributed by atoms with Crippen molar-refractivity contribution < 1.29 is 9.53 Å². The smallest absolute Gasteiger partial charge is 0.258 e. The molecule has 0 aliphatic carbocycles. The lowest BCUT2D eigenvalue weighted by Gasteiger charge is -2.11. The number of rotatable bonds is 5. The Bertz CT molecular complexity index is 947. The Morgan fingerprint density at radius 2 is 1.89 bits per heavy atom. The number of hydrogen-bond acceptors (Lipinski definition) is 4. The van der Waals surface area contributed by atoms with Crippen molar-refractivity contribution in [1.29, 1.82) is 0 Å². The van der Waals surface area contributed by atoms with Gasteiger partial charge in [0.15, 0.2) is 0 Å². The SMILES string of the molecule is Cc1nn(C)c(NC(=O)c2ccc(OC(C)C)nc2)c1-c1ccc(Br)cc1. The number of ether oxygens (including phenoxy) is 1. The van der Waals surface area contributed by atoms with Gasteiger partial charge in [0.05, 0.1) is 17.4 Å². The van der Waals surface area contributed by atoms with Crippen LogP contribution in [0.15, 0.2) is 47.1 Å². The zero-order chi connectivity index (χ0) is 19.6. The number of halogens is 1. The number of benzene rings is 1. The van der Waals surface area contributed by atoms with Crippen molar-refractivity contribution in [3.8, 4) is 17.0 Å². The molecule has 1 N–H and O–H groups in total. The minimum absolute atomic E-state index is 0.0306. The van der Waals surface area contributed by atoms with Gasteiger partial charge in [0, 0.05) is 29.3 Å². The van der Waals surface area contributed by atoms with Crippen molar-refractivity contribution in [2.75, 3.05) is 5.32 Å². The van der Waals surface area contributed by atoms with Crippen LogP contribution in [-0.4, -0.2) is 26.8 Å². The molecule has 6 nitrogen and oxygen atoms in total. The number of aromatic nitrogens is 3. The second kappa shape index (κ2) is 7.92. The van der Waals surface area contributed by atoms with E-state index in [1.807, 2.05) is 52.1 Å². The fraction of sp³-hybridized carbons (Fsp3) is 0.250. The van der Waals surface area contributed by atoms with Gasteiger partial charge in [-0.3, -0.25) is 9.48 Å². The summed E-state index contributed by atoms with van der Waals surface area (Å²) >= 11 is 3.44. The van der Waals surface area contributed by atoms with Crippen molar-refractivity contribution >= 4 is 27.7 Å². The number of nitrogens with one attached hydrogen (secondary N) is 1. The molecule has 140 valence electrons. The van der Waals surface area contributed by atoms with E-state index < -0.39 is 0 Å². The minimum Gasteiger partial charge on any atom is -0.475 e. The summed E-state index contributed by atoms with van der Waals surface area (Å²) in [6.07, 6.45) is 1.54. The van der Waals surface area contributed by atoms with E-state index in [-0.39, 0.29) is 12.0 Å². The number of anilines is 1. The van der Waals surface area contributed by atoms with Crippen molar-refractivity contribution in [2.24, 2.45) is 7.05 Å². The lowest BCUT2D eigenvalue weighted by atomic mass is 10.1. The Labute approximate surface area is 166 Å². The maximum Gasteiger partial charge on any atom is 0.258 e. The van der Waals surface area contributed by atoms with Crippen LogP contribution in [0.1, 0.15) is 29.9 Å². The molecule has 3 aromatic rings. The van der Waals surface area contributed by atoms with Crippen LogP contribution < -0.4 is 10.1 Å². The molecule has 0 fully saturated rings. The highest BCUT2D eigenvalue weighted by atomic mass is 79.9. The molecule has 0 saturated heterocycles. The summed E-state index contributed by atoms with van der Waals surface area (Å²) in [5.41, 5.74) is 3.17. The van der Waals surface area contributed by atoms with Crippen LogP contribution in [0.2, 0.25) is 0 Å². The lowest BCUT2D eigenvalue weighted by molar-refractivity contribution is 0.102. The van der Waals surface area contributed by atoms with Gasteiger partial charge < -0.3 is 10.1 Å². The maximum atomic E-state index is 12.7.